The van der Waals surface area contributed by atoms with E-state index >= 15 is 0 Å². The van der Waals surface area contributed by atoms with E-state index < -0.39 is 17.6 Å². The molecule has 0 aliphatic rings. The molecule has 0 unspecified atom stereocenters. The van der Waals surface area contributed by atoms with Crippen LogP contribution in [0.5, 0.6) is 5.75 Å². The van der Waals surface area contributed by atoms with Crippen LogP contribution >= 0.6 is 0 Å². The number of carbonyl (C=O) groups excluding carboxylic acids is 2. The number of aromatic hydroxyl groups is 1. The highest BCUT2D eigenvalue weighted by molar-refractivity contribution is 6.06. The molecule has 2 aromatic carbocycles. The minimum Gasteiger partial charge on any atom is -0.505 e. The predicted molar refractivity (Wildman–Crippen MR) is 81.5 cm³/mol. The van der Waals surface area contributed by atoms with Gasteiger partial charge in [0.05, 0.1) is 11.4 Å². The molecule has 0 heterocycles. The van der Waals surface area contributed by atoms with Gasteiger partial charge >= 0.3 is 0 Å². The molecule has 0 saturated carbocycles. The minimum absolute atomic E-state index is 0.0277. The van der Waals surface area contributed by atoms with Crippen LogP contribution in [0.3, 0.4) is 0 Å². The van der Waals surface area contributed by atoms with E-state index in [0.29, 0.717) is 5.56 Å². The van der Waals surface area contributed by atoms with Crippen LogP contribution in [-0.2, 0) is 4.79 Å². The SMILES string of the molecule is CC(=O)Nc1cc(C(=O)Nc2cccc(C)c2O)ccc1F. The van der Waals surface area contributed by atoms with Gasteiger partial charge in [0.2, 0.25) is 5.91 Å². The van der Waals surface area contributed by atoms with Crippen molar-refractivity contribution in [1.82, 2.24) is 0 Å². The van der Waals surface area contributed by atoms with Crippen LogP contribution in [0.1, 0.15) is 22.8 Å². The fourth-order valence-corrected chi connectivity index (χ4v) is 1.91. The van der Waals surface area contributed by atoms with Gasteiger partial charge in [-0.15, -0.1) is 0 Å². The Bertz CT molecular complexity index is 744. The molecule has 0 aromatic heterocycles. The van der Waals surface area contributed by atoms with Gasteiger partial charge in [0.15, 0.2) is 0 Å². The Morgan fingerprint density at radius 2 is 1.82 bits per heavy atom. The van der Waals surface area contributed by atoms with Crippen molar-refractivity contribution in [2.45, 2.75) is 13.8 Å². The normalized spacial score (nSPS) is 10.1. The Morgan fingerprint density at radius 3 is 2.50 bits per heavy atom. The van der Waals surface area contributed by atoms with E-state index in [0.717, 1.165) is 6.07 Å². The first kappa shape index (κ1) is 15.5. The van der Waals surface area contributed by atoms with Gasteiger partial charge in [0.25, 0.3) is 5.91 Å². The van der Waals surface area contributed by atoms with Crippen molar-refractivity contribution in [3.8, 4) is 5.75 Å². The van der Waals surface area contributed by atoms with E-state index in [9.17, 15) is 19.1 Å². The Kier molecular flexibility index (Phi) is 4.41. The highest BCUT2D eigenvalue weighted by Gasteiger charge is 2.13. The number of rotatable bonds is 3. The minimum atomic E-state index is -0.634. The van der Waals surface area contributed by atoms with E-state index in [4.69, 9.17) is 0 Å². The van der Waals surface area contributed by atoms with Crippen molar-refractivity contribution in [1.29, 1.82) is 0 Å². The van der Waals surface area contributed by atoms with Crippen LogP contribution in [0, 0.1) is 12.7 Å². The number of hydrogen-bond donors (Lipinski definition) is 3. The zero-order valence-corrected chi connectivity index (χ0v) is 12.1. The first-order valence-corrected chi connectivity index (χ1v) is 6.55. The number of benzene rings is 2. The van der Waals surface area contributed by atoms with E-state index in [1.165, 1.54) is 19.1 Å². The molecular weight excluding hydrogens is 287 g/mol. The second kappa shape index (κ2) is 6.26. The summed E-state index contributed by atoms with van der Waals surface area (Å²) >= 11 is 0. The molecule has 6 heteroatoms. The third-order valence-corrected chi connectivity index (χ3v) is 3.03. The zero-order valence-electron chi connectivity index (χ0n) is 12.1. The number of phenols is 1. The molecule has 2 aromatic rings. The topological polar surface area (TPSA) is 78.4 Å². The van der Waals surface area contributed by atoms with Gasteiger partial charge in [0.1, 0.15) is 11.6 Å². The number of para-hydroxylation sites is 1. The van der Waals surface area contributed by atoms with Gasteiger partial charge in [-0.25, -0.2) is 4.39 Å². The predicted octanol–water partition coefficient (Wildman–Crippen LogP) is 3.05. The van der Waals surface area contributed by atoms with Gasteiger partial charge in [-0.2, -0.15) is 0 Å². The summed E-state index contributed by atoms with van der Waals surface area (Å²) in [6.45, 7) is 2.95. The molecule has 3 N–H and O–H groups in total. The van der Waals surface area contributed by atoms with Gasteiger partial charge < -0.3 is 15.7 Å². The highest BCUT2D eigenvalue weighted by atomic mass is 19.1. The molecule has 2 amide bonds. The molecule has 0 bridgehead atoms. The van der Waals surface area contributed by atoms with Crippen molar-refractivity contribution in [3.63, 3.8) is 0 Å². The molecule has 114 valence electrons. The lowest BCUT2D eigenvalue weighted by Gasteiger charge is -2.10. The first-order valence-electron chi connectivity index (χ1n) is 6.55. The second-order valence-corrected chi connectivity index (χ2v) is 4.80. The van der Waals surface area contributed by atoms with Gasteiger partial charge in [0, 0.05) is 12.5 Å². The maximum Gasteiger partial charge on any atom is 0.255 e. The summed E-state index contributed by atoms with van der Waals surface area (Å²) in [6.07, 6.45) is 0. The standard InChI is InChI=1S/C16H15FN2O3/c1-9-4-3-5-13(15(9)21)19-16(22)11-6-7-12(17)14(8-11)18-10(2)20/h3-8,21H,1-2H3,(H,18,20)(H,19,22). The molecule has 22 heavy (non-hydrogen) atoms. The van der Waals surface area contributed by atoms with Crippen molar-refractivity contribution in [2.75, 3.05) is 10.6 Å². The number of carbonyl (C=O) groups is 2. The molecular formula is C16H15FN2O3. The largest absolute Gasteiger partial charge is 0.505 e. The van der Waals surface area contributed by atoms with Gasteiger partial charge in [-0.3, -0.25) is 9.59 Å². The molecule has 0 aliphatic heterocycles. The maximum absolute atomic E-state index is 13.6. The number of amides is 2. The zero-order chi connectivity index (χ0) is 16.3. The lowest BCUT2D eigenvalue weighted by molar-refractivity contribution is -0.114. The summed E-state index contributed by atoms with van der Waals surface area (Å²) < 4.78 is 13.6. The fraction of sp³-hybridized carbons (Fsp3) is 0.125. The number of anilines is 2. The monoisotopic (exact) mass is 302 g/mol. The summed E-state index contributed by atoms with van der Waals surface area (Å²) in [5, 5.41) is 14.7. The van der Waals surface area contributed by atoms with Crippen molar-refractivity contribution >= 4 is 23.2 Å². The van der Waals surface area contributed by atoms with Crippen molar-refractivity contribution < 1.29 is 19.1 Å². The van der Waals surface area contributed by atoms with Gasteiger partial charge in [-0.1, -0.05) is 12.1 Å². The lowest BCUT2D eigenvalue weighted by atomic mass is 10.1. The molecule has 2 rings (SSSR count). The Hall–Kier alpha value is -2.89. The molecule has 0 aliphatic carbocycles. The highest BCUT2D eigenvalue weighted by Crippen LogP contribution is 2.27. The summed E-state index contributed by atoms with van der Waals surface area (Å²) in [4.78, 5) is 23.2. The molecule has 0 atom stereocenters. The average Bonchev–Trinajstić information content (AvgIpc) is 2.45. The molecule has 0 fully saturated rings. The van der Waals surface area contributed by atoms with Crippen LogP contribution in [0.15, 0.2) is 36.4 Å². The molecule has 0 spiro atoms. The third-order valence-electron chi connectivity index (χ3n) is 3.03. The number of hydrogen-bond acceptors (Lipinski definition) is 3. The molecule has 0 radical (unpaired) electrons. The van der Waals surface area contributed by atoms with E-state index in [1.807, 2.05) is 0 Å². The molecule has 0 saturated heterocycles. The van der Waals surface area contributed by atoms with Crippen LogP contribution < -0.4 is 10.6 Å². The second-order valence-electron chi connectivity index (χ2n) is 4.80. The molecule has 5 nitrogen and oxygen atoms in total. The lowest BCUT2D eigenvalue weighted by Crippen LogP contribution is -2.14. The number of phenolic OH excluding ortho intramolecular Hbond substituents is 1. The van der Waals surface area contributed by atoms with Crippen molar-refractivity contribution in [3.05, 3.63) is 53.3 Å². The van der Waals surface area contributed by atoms with Crippen LogP contribution in [-0.4, -0.2) is 16.9 Å². The summed E-state index contributed by atoms with van der Waals surface area (Å²) in [5.41, 5.74) is 0.964. The van der Waals surface area contributed by atoms with E-state index in [2.05, 4.69) is 10.6 Å². The van der Waals surface area contributed by atoms with Crippen LogP contribution in [0.4, 0.5) is 15.8 Å². The van der Waals surface area contributed by atoms with E-state index in [1.54, 1.807) is 25.1 Å². The third kappa shape index (κ3) is 3.41. The van der Waals surface area contributed by atoms with Crippen molar-refractivity contribution in [2.24, 2.45) is 0 Å². The summed E-state index contributed by atoms with van der Waals surface area (Å²) in [7, 11) is 0. The average molecular weight is 302 g/mol. The maximum atomic E-state index is 13.6. The number of nitrogens with one attached hydrogen (secondary N) is 2. The smallest absolute Gasteiger partial charge is 0.255 e. The first-order chi connectivity index (χ1) is 10.4. The summed E-state index contributed by atoms with van der Waals surface area (Å²) in [5.74, 6) is -1.62. The quantitative estimate of drug-likeness (QED) is 0.762. The fourth-order valence-electron chi connectivity index (χ4n) is 1.91. The van der Waals surface area contributed by atoms with Crippen LogP contribution in [0.2, 0.25) is 0 Å². The van der Waals surface area contributed by atoms with E-state index in [-0.39, 0.29) is 22.7 Å². The Morgan fingerprint density at radius 1 is 1.09 bits per heavy atom. The number of aryl methyl sites for hydroxylation is 1. The van der Waals surface area contributed by atoms with Gasteiger partial charge in [-0.05, 0) is 36.8 Å². The number of halogens is 1. The Balaban J connectivity index is 2.26. The Labute approximate surface area is 126 Å². The summed E-state index contributed by atoms with van der Waals surface area (Å²) in [6, 6.07) is 8.58. The van der Waals surface area contributed by atoms with Crippen LogP contribution in [0.25, 0.3) is 0 Å².